The third-order valence-electron chi connectivity index (χ3n) is 4.26. The van der Waals surface area contributed by atoms with E-state index in [0.717, 1.165) is 25.2 Å². The number of aromatic nitrogens is 1. The van der Waals surface area contributed by atoms with E-state index in [9.17, 15) is 9.59 Å². The average molecular weight is 330 g/mol. The number of hydrogen-bond acceptors (Lipinski definition) is 4. The monoisotopic (exact) mass is 330 g/mol. The van der Waals surface area contributed by atoms with E-state index in [2.05, 4.69) is 5.32 Å². The SMILES string of the molecule is Cc1ccn(CC2CCCO2)c(=O)c1C(=O)NCCc1ccco1. The minimum absolute atomic E-state index is 0.0558. The lowest BCUT2D eigenvalue weighted by Gasteiger charge is -2.14. The molecule has 1 aliphatic rings. The molecule has 1 amide bonds. The molecular formula is C18H22N2O4. The molecule has 0 saturated carbocycles. The topological polar surface area (TPSA) is 73.5 Å². The summed E-state index contributed by atoms with van der Waals surface area (Å²) in [4.78, 5) is 25.1. The molecule has 6 nitrogen and oxygen atoms in total. The zero-order chi connectivity index (χ0) is 16.9. The lowest BCUT2D eigenvalue weighted by atomic mass is 10.1. The summed E-state index contributed by atoms with van der Waals surface area (Å²) in [5.41, 5.74) is 0.620. The third-order valence-corrected chi connectivity index (χ3v) is 4.26. The van der Waals surface area contributed by atoms with Crippen LogP contribution in [0.1, 0.15) is 34.5 Å². The number of hydrogen-bond donors (Lipinski definition) is 1. The van der Waals surface area contributed by atoms with Crippen molar-refractivity contribution in [3.05, 3.63) is 57.9 Å². The van der Waals surface area contributed by atoms with Crippen molar-refractivity contribution in [2.45, 2.75) is 38.8 Å². The summed E-state index contributed by atoms with van der Waals surface area (Å²) in [6.45, 7) is 3.43. The molecule has 0 spiro atoms. The fraction of sp³-hybridized carbons (Fsp3) is 0.444. The summed E-state index contributed by atoms with van der Waals surface area (Å²) in [6, 6.07) is 5.47. The van der Waals surface area contributed by atoms with Crippen LogP contribution in [0.4, 0.5) is 0 Å². The minimum Gasteiger partial charge on any atom is -0.469 e. The molecule has 1 aliphatic heterocycles. The van der Waals surface area contributed by atoms with Gasteiger partial charge in [-0.15, -0.1) is 0 Å². The molecule has 1 unspecified atom stereocenters. The van der Waals surface area contributed by atoms with Crippen molar-refractivity contribution in [2.24, 2.45) is 0 Å². The number of rotatable bonds is 6. The number of carbonyl (C=O) groups is 1. The third kappa shape index (κ3) is 3.76. The van der Waals surface area contributed by atoms with Crippen LogP contribution in [0.25, 0.3) is 0 Å². The number of carbonyl (C=O) groups excluding carboxylic acids is 1. The first-order valence-corrected chi connectivity index (χ1v) is 8.27. The first-order valence-electron chi connectivity index (χ1n) is 8.27. The summed E-state index contributed by atoms with van der Waals surface area (Å²) < 4.78 is 12.4. The van der Waals surface area contributed by atoms with Crippen LogP contribution >= 0.6 is 0 Å². The predicted octanol–water partition coefficient (Wildman–Crippen LogP) is 1.90. The molecule has 0 bridgehead atoms. The molecule has 3 rings (SSSR count). The van der Waals surface area contributed by atoms with E-state index >= 15 is 0 Å². The maximum atomic E-state index is 12.6. The zero-order valence-electron chi connectivity index (χ0n) is 13.8. The molecule has 0 aromatic carbocycles. The Bertz CT molecular complexity index is 743. The van der Waals surface area contributed by atoms with E-state index in [1.54, 1.807) is 30.0 Å². The van der Waals surface area contributed by atoms with Gasteiger partial charge < -0.3 is 19.0 Å². The minimum atomic E-state index is -0.342. The summed E-state index contributed by atoms with van der Waals surface area (Å²) in [6.07, 6.45) is 5.95. The van der Waals surface area contributed by atoms with Crippen molar-refractivity contribution in [1.82, 2.24) is 9.88 Å². The van der Waals surface area contributed by atoms with E-state index in [4.69, 9.17) is 9.15 Å². The molecule has 24 heavy (non-hydrogen) atoms. The lowest BCUT2D eigenvalue weighted by molar-refractivity contribution is 0.0930. The van der Waals surface area contributed by atoms with Crippen LogP contribution in [-0.2, 0) is 17.7 Å². The highest BCUT2D eigenvalue weighted by atomic mass is 16.5. The molecule has 2 aromatic rings. The Morgan fingerprint density at radius 2 is 2.29 bits per heavy atom. The van der Waals surface area contributed by atoms with Gasteiger partial charge in [-0.1, -0.05) is 0 Å². The smallest absolute Gasteiger partial charge is 0.263 e. The molecule has 128 valence electrons. The molecule has 0 radical (unpaired) electrons. The maximum Gasteiger partial charge on any atom is 0.263 e. The first kappa shape index (κ1) is 16.5. The normalized spacial score (nSPS) is 17.1. The number of nitrogens with zero attached hydrogens (tertiary/aromatic N) is 1. The number of furan rings is 1. The Morgan fingerprint density at radius 1 is 1.42 bits per heavy atom. The van der Waals surface area contributed by atoms with Crippen molar-refractivity contribution in [1.29, 1.82) is 0 Å². The van der Waals surface area contributed by atoms with Crippen LogP contribution in [-0.4, -0.2) is 29.7 Å². The number of pyridine rings is 1. The van der Waals surface area contributed by atoms with Crippen molar-refractivity contribution in [2.75, 3.05) is 13.2 Å². The fourth-order valence-electron chi connectivity index (χ4n) is 2.94. The van der Waals surface area contributed by atoms with Crippen molar-refractivity contribution < 1.29 is 13.9 Å². The van der Waals surface area contributed by atoms with Gasteiger partial charge in [-0.2, -0.15) is 0 Å². The van der Waals surface area contributed by atoms with Crippen LogP contribution in [0.3, 0.4) is 0 Å². The number of aryl methyl sites for hydroxylation is 1. The average Bonchev–Trinajstić information content (AvgIpc) is 3.24. The number of nitrogens with one attached hydrogen (secondary N) is 1. The van der Waals surface area contributed by atoms with E-state index in [1.807, 2.05) is 12.1 Å². The first-order chi connectivity index (χ1) is 11.6. The van der Waals surface area contributed by atoms with Crippen molar-refractivity contribution in [3.8, 4) is 0 Å². The molecule has 2 aromatic heterocycles. The Balaban J connectivity index is 1.68. The van der Waals surface area contributed by atoms with E-state index in [0.29, 0.717) is 25.1 Å². The highest BCUT2D eigenvalue weighted by Crippen LogP contribution is 2.13. The Hall–Kier alpha value is -2.34. The molecule has 1 fully saturated rings. The zero-order valence-corrected chi connectivity index (χ0v) is 13.8. The summed E-state index contributed by atoms with van der Waals surface area (Å²) in [7, 11) is 0. The number of amides is 1. The second kappa shape index (κ2) is 7.49. The maximum absolute atomic E-state index is 12.6. The predicted molar refractivity (Wildman–Crippen MR) is 89.2 cm³/mol. The quantitative estimate of drug-likeness (QED) is 0.878. The molecule has 0 aliphatic carbocycles. The van der Waals surface area contributed by atoms with Crippen LogP contribution in [0.15, 0.2) is 39.9 Å². The van der Waals surface area contributed by atoms with Crippen molar-refractivity contribution in [3.63, 3.8) is 0 Å². The van der Waals surface area contributed by atoms with Gasteiger partial charge in [-0.05, 0) is 43.5 Å². The second-order valence-electron chi connectivity index (χ2n) is 6.05. The van der Waals surface area contributed by atoms with Crippen LogP contribution in [0.2, 0.25) is 0 Å². The fourth-order valence-corrected chi connectivity index (χ4v) is 2.94. The van der Waals surface area contributed by atoms with Gasteiger partial charge in [0.1, 0.15) is 11.3 Å². The van der Waals surface area contributed by atoms with E-state index in [-0.39, 0.29) is 23.1 Å². The van der Waals surface area contributed by atoms with Crippen LogP contribution in [0, 0.1) is 6.92 Å². The molecule has 1 saturated heterocycles. The number of ether oxygens (including phenoxy) is 1. The van der Waals surface area contributed by atoms with Crippen LogP contribution < -0.4 is 10.9 Å². The highest BCUT2D eigenvalue weighted by Gasteiger charge is 2.20. The molecule has 3 heterocycles. The van der Waals surface area contributed by atoms with E-state index in [1.165, 1.54) is 0 Å². The van der Waals surface area contributed by atoms with E-state index < -0.39 is 0 Å². The molecule has 6 heteroatoms. The van der Waals surface area contributed by atoms with Gasteiger partial charge in [0.25, 0.3) is 11.5 Å². The van der Waals surface area contributed by atoms with Gasteiger partial charge in [0.2, 0.25) is 0 Å². The summed E-state index contributed by atoms with van der Waals surface area (Å²) in [5, 5.41) is 2.80. The largest absolute Gasteiger partial charge is 0.469 e. The van der Waals surface area contributed by atoms with Gasteiger partial charge in [0.15, 0.2) is 0 Å². The molecular weight excluding hydrogens is 308 g/mol. The Labute approximate surface area is 140 Å². The van der Waals surface area contributed by atoms with Gasteiger partial charge in [0.05, 0.1) is 18.9 Å². The van der Waals surface area contributed by atoms with Gasteiger partial charge in [-0.3, -0.25) is 9.59 Å². The standard InChI is InChI=1S/C18H22N2O4/c1-13-7-9-20(12-15-5-3-11-24-15)18(22)16(13)17(21)19-8-6-14-4-2-10-23-14/h2,4,7,9-10,15H,3,5-6,8,11-12H2,1H3,(H,19,21). The molecule has 1 N–H and O–H groups in total. The van der Waals surface area contributed by atoms with Crippen molar-refractivity contribution >= 4 is 5.91 Å². The van der Waals surface area contributed by atoms with Gasteiger partial charge in [-0.25, -0.2) is 0 Å². The Morgan fingerprint density at radius 3 is 3.00 bits per heavy atom. The van der Waals surface area contributed by atoms with Crippen LogP contribution in [0.5, 0.6) is 0 Å². The summed E-state index contributed by atoms with van der Waals surface area (Å²) in [5.74, 6) is 0.460. The highest BCUT2D eigenvalue weighted by molar-refractivity contribution is 5.95. The lowest BCUT2D eigenvalue weighted by Crippen LogP contribution is -2.36. The Kier molecular flexibility index (Phi) is 5.15. The van der Waals surface area contributed by atoms with Gasteiger partial charge in [0, 0.05) is 25.8 Å². The summed E-state index contributed by atoms with van der Waals surface area (Å²) >= 11 is 0. The molecule has 1 atom stereocenters. The second-order valence-corrected chi connectivity index (χ2v) is 6.05. The van der Waals surface area contributed by atoms with Gasteiger partial charge >= 0.3 is 0 Å².